The molecule has 0 aliphatic carbocycles. The fourth-order valence-electron chi connectivity index (χ4n) is 3.68. The molecule has 0 saturated carbocycles. The number of fused-ring (bicyclic) bond motifs is 2. The number of hydrogen-bond acceptors (Lipinski definition) is 6. The monoisotopic (exact) mass is 443 g/mol. The molecule has 0 aliphatic heterocycles. The highest BCUT2D eigenvalue weighted by Crippen LogP contribution is 2.35. The van der Waals surface area contributed by atoms with Gasteiger partial charge in [0.15, 0.2) is 0 Å². The van der Waals surface area contributed by atoms with Crippen LogP contribution in [-0.2, 0) is 11.3 Å². The zero-order chi connectivity index (χ0) is 22.2. The molecule has 0 fully saturated rings. The van der Waals surface area contributed by atoms with Crippen LogP contribution in [0.5, 0.6) is 0 Å². The first-order valence-electron chi connectivity index (χ1n) is 9.83. The molecule has 5 aromatic rings. The van der Waals surface area contributed by atoms with E-state index in [1.807, 2.05) is 37.3 Å². The summed E-state index contributed by atoms with van der Waals surface area (Å²) >= 11 is 1.43. The highest BCUT2D eigenvalue weighted by molar-refractivity contribution is 7.19. The normalized spacial score (nSPS) is 11.2. The second-order valence-corrected chi connectivity index (χ2v) is 8.43. The summed E-state index contributed by atoms with van der Waals surface area (Å²) < 4.78 is 2.27. The highest BCUT2D eigenvalue weighted by atomic mass is 32.1. The molecule has 2 aromatic carbocycles. The van der Waals surface area contributed by atoms with Crippen LogP contribution in [0.1, 0.15) is 4.88 Å². The van der Waals surface area contributed by atoms with Gasteiger partial charge in [-0.15, -0.1) is 11.3 Å². The third-order valence-corrected chi connectivity index (χ3v) is 6.16. The quantitative estimate of drug-likeness (QED) is 0.461. The molecule has 1 N–H and O–H groups in total. The number of rotatable bonds is 4. The van der Waals surface area contributed by atoms with Gasteiger partial charge in [0.05, 0.1) is 22.6 Å². The third-order valence-electron chi connectivity index (χ3n) is 5.14. The Balaban J connectivity index is 1.49. The molecule has 5 rings (SSSR count). The van der Waals surface area contributed by atoms with E-state index in [1.54, 1.807) is 24.3 Å². The van der Waals surface area contributed by atoms with Gasteiger partial charge in [-0.05, 0) is 24.6 Å². The van der Waals surface area contributed by atoms with E-state index >= 15 is 0 Å². The maximum atomic E-state index is 13.2. The molecule has 0 radical (unpaired) electrons. The smallest absolute Gasteiger partial charge is 0.281 e. The fourth-order valence-corrected chi connectivity index (χ4v) is 4.68. The van der Waals surface area contributed by atoms with Gasteiger partial charge in [-0.1, -0.05) is 42.5 Å². The second kappa shape index (κ2) is 7.86. The van der Waals surface area contributed by atoms with Gasteiger partial charge in [-0.25, -0.2) is 14.6 Å². The van der Waals surface area contributed by atoms with Crippen LogP contribution in [0.15, 0.2) is 76.8 Å². The summed E-state index contributed by atoms with van der Waals surface area (Å²) in [5.74, 6) is -0.541. The minimum Gasteiger partial charge on any atom is -0.289 e. The fraction of sp³-hybridized carbons (Fsp3) is 0.0870. The summed E-state index contributed by atoms with van der Waals surface area (Å²) in [6.07, 6.45) is 2.61. The largest absolute Gasteiger partial charge is 0.289 e. The predicted octanol–water partition coefficient (Wildman–Crippen LogP) is 2.91. The average molecular weight is 443 g/mol. The van der Waals surface area contributed by atoms with Gasteiger partial charge < -0.3 is 0 Å². The lowest BCUT2D eigenvalue weighted by atomic mass is 10.0. The van der Waals surface area contributed by atoms with Crippen molar-refractivity contribution >= 4 is 38.4 Å². The molecule has 1 amide bonds. The Kier molecular flexibility index (Phi) is 4.87. The standard InChI is InChI=1S/C23H17N5O3S/c1-14-19(15-7-3-2-4-8-15)20-21(32-14)25-13-28(23(20)31)26-18(29)11-27-12-24-17-10-6-5-9-16(17)22(27)30/h2-10,12-13H,11H2,1H3,(H,26,29). The van der Waals surface area contributed by atoms with Crippen LogP contribution < -0.4 is 16.5 Å². The SMILES string of the molecule is Cc1sc2ncn(NC(=O)Cn3cnc4ccccc4c3=O)c(=O)c2c1-c1ccccc1. The maximum Gasteiger partial charge on any atom is 0.281 e. The lowest BCUT2D eigenvalue weighted by Gasteiger charge is -2.10. The first kappa shape index (κ1) is 19.8. The van der Waals surface area contributed by atoms with Gasteiger partial charge in [0, 0.05) is 10.4 Å². The van der Waals surface area contributed by atoms with E-state index in [9.17, 15) is 14.4 Å². The van der Waals surface area contributed by atoms with Crippen molar-refractivity contribution in [3.63, 3.8) is 0 Å². The van der Waals surface area contributed by atoms with Crippen LogP contribution in [0.25, 0.3) is 32.2 Å². The van der Waals surface area contributed by atoms with E-state index in [4.69, 9.17) is 0 Å². The summed E-state index contributed by atoms with van der Waals surface area (Å²) in [6.45, 7) is 1.66. The van der Waals surface area contributed by atoms with Crippen molar-refractivity contribution in [3.8, 4) is 11.1 Å². The van der Waals surface area contributed by atoms with Crippen molar-refractivity contribution in [3.05, 3.63) is 92.8 Å². The van der Waals surface area contributed by atoms with E-state index in [2.05, 4.69) is 15.4 Å². The summed E-state index contributed by atoms with van der Waals surface area (Å²) in [6, 6.07) is 16.5. The van der Waals surface area contributed by atoms with Crippen molar-refractivity contribution in [2.45, 2.75) is 13.5 Å². The minimum absolute atomic E-state index is 0.282. The lowest BCUT2D eigenvalue weighted by molar-refractivity contribution is -0.117. The number of thiophene rings is 1. The molecule has 0 atom stereocenters. The van der Waals surface area contributed by atoms with Gasteiger partial charge in [-0.3, -0.25) is 24.4 Å². The topological polar surface area (TPSA) is 98.9 Å². The van der Waals surface area contributed by atoms with Gasteiger partial charge >= 0.3 is 0 Å². The van der Waals surface area contributed by atoms with E-state index in [0.717, 1.165) is 20.7 Å². The average Bonchev–Trinajstić information content (AvgIpc) is 3.15. The van der Waals surface area contributed by atoms with Crippen molar-refractivity contribution in [2.24, 2.45) is 0 Å². The van der Waals surface area contributed by atoms with Crippen LogP contribution in [0.4, 0.5) is 0 Å². The van der Waals surface area contributed by atoms with Crippen molar-refractivity contribution in [1.29, 1.82) is 0 Å². The Labute approximate surface area is 185 Å². The van der Waals surface area contributed by atoms with E-state index in [0.29, 0.717) is 21.1 Å². The Morgan fingerprint density at radius 3 is 2.53 bits per heavy atom. The molecule has 0 aliphatic rings. The van der Waals surface area contributed by atoms with E-state index in [1.165, 1.54) is 28.6 Å². The van der Waals surface area contributed by atoms with Gasteiger partial charge in [0.1, 0.15) is 17.7 Å². The van der Waals surface area contributed by atoms with Crippen LogP contribution in [0, 0.1) is 6.92 Å². The highest BCUT2D eigenvalue weighted by Gasteiger charge is 2.18. The number of nitrogens with one attached hydrogen (secondary N) is 1. The third kappa shape index (κ3) is 3.38. The van der Waals surface area contributed by atoms with Crippen LogP contribution in [0.2, 0.25) is 0 Å². The molecule has 3 aromatic heterocycles. The van der Waals surface area contributed by atoms with Crippen LogP contribution >= 0.6 is 11.3 Å². The molecule has 0 bridgehead atoms. The lowest BCUT2D eigenvalue weighted by Crippen LogP contribution is -2.36. The molecule has 0 saturated heterocycles. The number of aromatic nitrogens is 4. The molecular formula is C23H17N5O3S. The number of para-hydroxylation sites is 1. The molecular weight excluding hydrogens is 426 g/mol. The zero-order valence-electron chi connectivity index (χ0n) is 17.0. The van der Waals surface area contributed by atoms with Crippen molar-refractivity contribution in [2.75, 3.05) is 5.43 Å². The Hall–Kier alpha value is -4.11. The number of carbonyl (C=O) groups is 1. The van der Waals surface area contributed by atoms with Gasteiger partial charge in [0.2, 0.25) is 0 Å². The van der Waals surface area contributed by atoms with Crippen molar-refractivity contribution < 1.29 is 4.79 Å². The van der Waals surface area contributed by atoms with Gasteiger partial charge in [0.25, 0.3) is 17.0 Å². The molecule has 9 heteroatoms. The number of aryl methyl sites for hydroxylation is 1. The molecule has 158 valence electrons. The molecule has 32 heavy (non-hydrogen) atoms. The number of nitrogens with zero attached hydrogens (tertiary/aromatic N) is 4. The summed E-state index contributed by atoms with van der Waals surface area (Å²) in [7, 11) is 0. The molecule has 3 heterocycles. The Morgan fingerprint density at radius 1 is 0.969 bits per heavy atom. The second-order valence-electron chi connectivity index (χ2n) is 7.23. The number of carbonyl (C=O) groups excluding carboxylic acids is 1. The molecule has 8 nitrogen and oxygen atoms in total. The molecule has 0 spiro atoms. The van der Waals surface area contributed by atoms with Crippen LogP contribution in [-0.4, -0.2) is 25.1 Å². The molecule has 0 unspecified atom stereocenters. The summed E-state index contributed by atoms with van der Waals surface area (Å²) in [5.41, 5.74) is 4.10. The number of benzene rings is 2. The minimum atomic E-state index is -0.541. The van der Waals surface area contributed by atoms with Crippen LogP contribution in [0.3, 0.4) is 0 Å². The number of hydrogen-bond donors (Lipinski definition) is 1. The number of amides is 1. The Morgan fingerprint density at radius 2 is 1.72 bits per heavy atom. The van der Waals surface area contributed by atoms with Crippen molar-refractivity contribution in [1.82, 2.24) is 19.2 Å². The summed E-state index contributed by atoms with van der Waals surface area (Å²) in [5, 5.41) is 0.871. The Bertz CT molecular complexity index is 1600. The van der Waals surface area contributed by atoms with E-state index in [-0.39, 0.29) is 17.7 Å². The summed E-state index contributed by atoms with van der Waals surface area (Å²) in [4.78, 5) is 48.6. The zero-order valence-corrected chi connectivity index (χ0v) is 17.8. The predicted molar refractivity (Wildman–Crippen MR) is 124 cm³/mol. The van der Waals surface area contributed by atoms with E-state index < -0.39 is 5.91 Å². The van der Waals surface area contributed by atoms with Gasteiger partial charge in [-0.2, -0.15) is 0 Å². The first-order valence-corrected chi connectivity index (χ1v) is 10.6. The maximum absolute atomic E-state index is 13.2. The first-order chi connectivity index (χ1) is 15.5.